The van der Waals surface area contributed by atoms with Crippen molar-refractivity contribution in [3.8, 4) is 6.07 Å². The number of rotatable bonds is 2. The van der Waals surface area contributed by atoms with Crippen molar-refractivity contribution in [2.75, 3.05) is 16.8 Å². The molecule has 6 rings (SSSR count). The number of amides is 1. The van der Waals surface area contributed by atoms with E-state index in [-0.39, 0.29) is 17.3 Å². The predicted molar refractivity (Wildman–Crippen MR) is 139 cm³/mol. The van der Waals surface area contributed by atoms with Crippen molar-refractivity contribution in [2.24, 2.45) is 0 Å². The normalized spacial score (nSPS) is 21.3. The number of benzene rings is 2. The largest absolute Gasteiger partial charge is 0.314 e. The molecular formula is C29H23ClN4O2. The van der Waals surface area contributed by atoms with Gasteiger partial charge in [0.15, 0.2) is 5.78 Å². The van der Waals surface area contributed by atoms with Crippen LogP contribution >= 0.6 is 11.6 Å². The summed E-state index contributed by atoms with van der Waals surface area (Å²) in [6, 6.07) is 19.3. The molecule has 0 fully saturated rings. The molecule has 7 heteroatoms. The van der Waals surface area contributed by atoms with Crippen molar-refractivity contribution in [2.45, 2.75) is 31.6 Å². The molecule has 2 aromatic carbocycles. The second kappa shape index (κ2) is 7.97. The molecule has 36 heavy (non-hydrogen) atoms. The van der Waals surface area contributed by atoms with Crippen LogP contribution in [0.4, 0.5) is 11.4 Å². The Morgan fingerprint density at radius 1 is 0.972 bits per heavy atom. The van der Waals surface area contributed by atoms with Crippen LogP contribution in [-0.2, 0) is 15.0 Å². The van der Waals surface area contributed by atoms with Crippen LogP contribution in [-0.4, -0.2) is 23.3 Å². The zero-order chi connectivity index (χ0) is 25.2. The van der Waals surface area contributed by atoms with Crippen LogP contribution in [0.15, 0.2) is 83.8 Å². The first kappa shape index (κ1) is 22.4. The van der Waals surface area contributed by atoms with Gasteiger partial charge in [-0.15, -0.1) is 0 Å². The number of ketones is 1. The zero-order valence-electron chi connectivity index (χ0n) is 20.0. The standard InChI is InChI=1S/C29H23ClN4O2/c1-18-21(30)10-7-12-22(18)34-24-13-8-14-25(35)26(24)29(20(17-31)27(34)33-15-5-6-16-33)19-9-3-4-11-23(19)32(2)28(29)36/h3-7,9-12,15-16H,8,13-14H2,1-2H3/t29-/m0/s1. The first-order valence-electron chi connectivity index (χ1n) is 11.9. The van der Waals surface area contributed by atoms with Crippen LogP contribution in [0.25, 0.3) is 5.82 Å². The Morgan fingerprint density at radius 2 is 1.69 bits per heavy atom. The van der Waals surface area contributed by atoms with E-state index in [4.69, 9.17) is 11.6 Å². The Morgan fingerprint density at radius 3 is 2.44 bits per heavy atom. The van der Waals surface area contributed by atoms with E-state index >= 15 is 0 Å². The number of allylic oxidation sites excluding steroid dienone is 1. The highest BCUT2D eigenvalue weighted by atomic mass is 35.5. The molecule has 1 atom stereocenters. The Hall–Kier alpha value is -4.08. The summed E-state index contributed by atoms with van der Waals surface area (Å²) in [7, 11) is 1.71. The number of nitrogens with zero attached hydrogens (tertiary/aromatic N) is 4. The summed E-state index contributed by atoms with van der Waals surface area (Å²) in [5, 5.41) is 11.4. The van der Waals surface area contributed by atoms with Gasteiger partial charge in [0.05, 0.1) is 11.3 Å². The van der Waals surface area contributed by atoms with Crippen molar-refractivity contribution in [3.05, 3.63) is 100.0 Å². The van der Waals surface area contributed by atoms with Crippen molar-refractivity contribution in [1.29, 1.82) is 5.26 Å². The summed E-state index contributed by atoms with van der Waals surface area (Å²) in [4.78, 5) is 31.7. The number of carbonyl (C=O) groups is 2. The van der Waals surface area contributed by atoms with Gasteiger partial charge in [0.2, 0.25) is 5.91 Å². The Kier molecular flexibility index (Phi) is 4.96. The fourth-order valence-electron chi connectivity index (χ4n) is 6.00. The minimum atomic E-state index is -1.50. The zero-order valence-corrected chi connectivity index (χ0v) is 20.7. The van der Waals surface area contributed by atoms with Crippen LogP contribution in [0, 0.1) is 18.3 Å². The average molecular weight is 495 g/mol. The summed E-state index contributed by atoms with van der Waals surface area (Å²) in [5.41, 5.74) is 2.87. The van der Waals surface area contributed by atoms with Crippen molar-refractivity contribution >= 4 is 40.5 Å². The fraction of sp³-hybridized carbons (Fsp3) is 0.207. The number of fused-ring (bicyclic) bond motifs is 3. The number of hydrogen-bond donors (Lipinski definition) is 0. The van der Waals surface area contributed by atoms with E-state index < -0.39 is 5.41 Å². The molecule has 1 amide bonds. The van der Waals surface area contributed by atoms with E-state index in [0.717, 1.165) is 16.9 Å². The molecule has 6 nitrogen and oxygen atoms in total. The van der Waals surface area contributed by atoms with E-state index in [0.29, 0.717) is 46.9 Å². The van der Waals surface area contributed by atoms with E-state index in [1.54, 1.807) is 11.9 Å². The maximum atomic E-state index is 14.3. The summed E-state index contributed by atoms with van der Waals surface area (Å²) >= 11 is 6.55. The van der Waals surface area contributed by atoms with E-state index in [1.165, 1.54) is 0 Å². The predicted octanol–water partition coefficient (Wildman–Crippen LogP) is 5.58. The summed E-state index contributed by atoms with van der Waals surface area (Å²) in [6.07, 6.45) is 5.31. The number of nitriles is 1. The highest BCUT2D eigenvalue weighted by Crippen LogP contribution is 2.58. The number of anilines is 2. The van der Waals surface area contributed by atoms with Gasteiger partial charge in [0.25, 0.3) is 0 Å². The van der Waals surface area contributed by atoms with Gasteiger partial charge in [-0.05, 0) is 55.7 Å². The minimum Gasteiger partial charge on any atom is -0.314 e. The Balaban J connectivity index is 1.82. The van der Waals surface area contributed by atoms with Crippen LogP contribution < -0.4 is 9.80 Å². The lowest BCUT2D eigenvalue weighted by molar-refractivity contribution is -0.123. The maximum absolute atomic E-state index is 14.3. The molecule has 0 unspecified atom stereocenters. The van der Waals surface area contributed by atoms with Gasteiger partial charge in [-0.1, -0.05) is 35.9 Å². The topological polar surface area (TPSA) is 69.3 Å². The Bertz CT molecular complexity index is 1560. The van der Waals surface area contributed by atoms with Crippen LogP contribution in [0.1, 0.15) is 30.4 Å². The molecular weight excluding hydrogens is 472 g/mol. The highest BCUT2D eigenvalue weighted by Gasteiger charge is 2.62. The minimum absolute atomic E-state index is 0.0984. The number of hydrogen-bond acceptors (Lipinski definition) is 4. The van der Waals surface area contributed by atoms with Gasteiger partial charge in [-0.25, -0.2) is 0 Å². The molecule has 3 heterocycles. The molecule has 1 aliphatic carbocycles. The second-order valence-electron chi connectivity index (χ2n) is 9.35. The van der Waals surface area contributed by atoms with Crippen molar-refractivity contribution in [1.82, 2.24) is 4.57 Å². The lowest BCUT2D eigenvalue weighted by Gasteiger charge is -2.45. The number of aromatic nitrogens is 1. The third kappa shape index (κ3) is 2.72. The lowest BCUT2D eigenvalue weighted by Crippen LogP contribution is -2.51. The molecule has 0 saturated carbocycles. The lowest BCUT2D eigenvalue weighted by atomic mass is 9.63. The highest BCUT2D eigenvalue weighted by molar-refractivity contribution is 6.31. The fourth-order valence-corrected chi connectivity index (χ4v) is 6.17. The third-order valence-corrected chi connectivity index (χ3v) is 7.99. The van der Waals surface area contributed by atoms with E-state index in [1.807, 2.05) is 83.4 Å². The SMILES string of the molecule is Cc1c(Cl)cccc1N1C2=C(C(=O)CCC2)[C@@]2(C(=O)N(C)c3ccccc32)C(C#N)=C1n1cccc1. The molecule has 0 bridgehead atoms. The van der Waals surface area contributed by atoms with Crippen LogP contribution in [0.3, 0.4) is 0 Å². The van der Waals surface area contributed by atoms with Crippen molar-refractivity contribution < 1.29 is 9.59 Å². The number of para-hydroxylation sites is 1. The molecule has 1 spiro atoms. The smallest absolute Gasteiger partial charge is 0.247 e. The third-order valence-electron chi connectivity index (χ3n) is 7.58. The van der Waals surface area contributed by atoms with Gasteiger partial charge >= 0.3 is 0 Å². The molecule has 1 aromatic heterocycles. The van der Waals surface area contributed by atoms with Gasteiger partial charge in [0, 0.05) is 53.4 Å². The maximum Gasteiger partial charge on any atom is 0.247 e. The summed E-state index contributed by atoms with van der Waals surface area (Å²) < 4.78 is 1.86. The van der Waals surface area contributed by atoms with Crippen LogP contribution in [0.2, 0.25) is 5.02 Å². The first-order valence-corrected chi connectivity index (χ1v) is 12.3. The van der Waals surface area contributed by atoms with Gasteiger partial charge in [-0.3, -0.25) is 14.5 Å². The molecule has 2 aliphatic heterocycles. The summed E-state index contributed by atoms with van der Waals surface area (Å²) in [6.45, 7) is 1.93. The molecule has 178 valence electrons. The Labute approximate surface area is 214 Å². The number of Topliss-reactive ketones (excluding diaryl/α,β-unsaturated/α-hetero) is 1. The molecule has 0 saturated heterocycles. The van der Waals surface area contributed by atoms with Gasteiger partial charge in [0.1, 0.15) is 17.3 Å². The average Bonchev–Trinajstić information content (AvgIpc) is 3.49. The molecule has 0 radical (unpaired) electrons. The van der Waals surface area contributed by atoms with Crippen LogP contribution in [0.5, 0.6) is 0 Å². The van der Waals surface area contributed by atoms with Gasteiger partial charge in [-0.2, -0.15) is 5.26 Å². The second-order valence-corrected chi connectivity index (χ2v) is 9.76. The molecule has 3 aromatic rings. The van der Waals surface area contributed by atoms with Crippen molar-refractivity contribution in [3.63, 3.8) is 0 Å². The number of halogens is 1. The summed E-state index contributed by atoms with van der Waals surface area (Å²) in [5.74, 6) is 0.161. The number of carbonyl (C=O) groups excluding carboxylic acids is 2. The molecule has 0 N–H and O–H groups in total. The monoisotopic (exact) mass is 494 g/mol. The molecule has 3 aliphatic rings. The van der Waals surface area contributed by atoms with E-state index in [2.05, 4.69) is 6.07 Å². The quantitative estimate of drug-likeness (QED) is 0.466. The first-order chi connectivity index (χ1) is 17.4. The van der Waals surface area contributed by atoms with E-state index in [9.17, 15) is 14.9 Å². The number of likely N-dealkylation sites (N-methyl/N-ethyl adjacent to an activating group) is 1. The van der Waals surface area contributed by atoms with Gasteiger partial charge < -0.3 is 9.47 Å².